The third-order valence-corrected chi connectivity index (χ3v) is 3.78. The topological polar surface area (TPSA) is 63.3 Å². The first-order chi connectivity index (χ1) is 13.8. The van der Waals surface area contributed by atoms with Gasteiger partial charge in [-0.05, 0) is 12.8 Å². The fourth-order valence-corrected chi connectivity index (χ4v) is 1.68. The fraction of sp³-hybridized carbons (Fsp3) is 0.929. The Kier molecular flexibility index (Phi) is 9.87. The molecule has 0 spiro atoms. The summed E-state index contributed by atoms with van der Waals surface area (Å²) in [7, 11) is 0. The van der Waals surface area contributed by atoms with Gasteiger partial charge in [-0.1, -0.05) is 20.3 Å². The van der Waals surface area contributed by atoms with Crippen molar-refractivity contribution in [2.24, 2.45) is 5.73 Å². The van der Waals surface area contributed by atoms with E-state index < -0.39 is 47.7 Å². The maximum atomic E-state index is 12.8. The first-order valence-electron chi connectivity index (χ1n) is 8.08. The number of nitrogens with two attached hydrogens (primary N) is 1. The molecule has 0 aromatic heterocycles. The van der Waals surface area contributed by atoms with Gasteiger partial charge < -0.3 is 10.8 Å². The lowest BCUT2D eigenvalue weighted by Crippen LogP contribution is -2.73. The minimum Gasteiger partial charge on any atom is -0.477 e. The van der Waals surface area contributed by atoms with Crippen LogP contribution in [0.2, 0.25) is 0 Å². The van der Waals surface area contributed by atoms with Gasteiger partial charge in [0, 0.05) is 6.04 Å². The zero-order valence-corrected chi connectivity index (χ0v) is 15.8. The van der Waals surface area contributed by atoms with Gasteiger partial charge in [-0.3, -0.25) is 0 Å². The average Bonchev–Trinajstić information content (AvgIpc) is 2.60. The van der Waals surface area contributed by atoms with E-state index in [4.69, 9.17) is 10.8 Å². The number of alkyl halides is 15. The van der Waals surface area contributed by atoms with E-state index in [0.29, 0.717) is 6.04 Å². The normalized spacial score (nSPS) is 15.7. The van der Waals surface area contributed by atoms with E-state index in [0.717, 1.165) is 6.42 Å². The van der Waals surface area contributed by atoms with Gasteiger partial charge in [-0.15, -0.1) is 0 Å². The largest absolute Gasteiger partial charge is 0.477 e. The lowest BCUT2D eigenvalue weighted by atomic mass is 9.91. The van der Waals surface area contributed by atoms with E-state index >= 15 is 0 Å². The quantitative estimate of drug-likeness (QED) is 0.372. The van der Waals surface area contributed by atoms with Crippen LogP contribution in [0, 0.1) is 0 Å². The Morgan fingerprint density at radius 2 is 1.00 bits per heavy atom. The van der Waals surface area contributed by atoms with Crippen molar-refractivity contribution in [3.05, 3.63) is 0 Å². The van der Waals surface area contributed by atoms with Crippen molar-refractivity contribution in [1.82, 2.24) is 0 Å². The van der Waals surface area contributed by atoms with Crippen LogP contribution in [0.25, 0.3) is 0 Å². The first kappa shape index (κ1) is 32.6. The second kappa shape index (κ2) is 9.70. The Bertz CT molecular complexity index is 630. The molecule has 0 aromatic rings. The molecule has 0 saturated heterocycles. The van der Waals surface area contributed by atoms with E-state index in [1.54, 1.807) is 0 Å². The standard InChI is InChI=1S/C8HF15O2.C6H15N/c9-2(10,1(24)25)3(11,12)4(13,14)5(15,16)6(17,18)7(19,20)8(21,22)23;1-3-5-6(7)4-2/h(H,24,25);6H,3-5,7H2,1-2H3. The van der Waals surface area contributed by atoms with Gasteiger partial charge in [0.15, 0.2) is 0 Å². The molecule has 1 atom stereocenters. The molecule has 0 aliphatic heterocycles. The second-order valence-corrected chi connectivity index (χ2v) is 6.21. The Hall–Kier alpha value is -1.62. The first-order valence-corrected chi connectivity index (χ1v) is 8.08. The molecular weight excluding hydrogens is 499 g/mol. The highest BCUT2D eigenvalue weighted by Gasteiger charge is 2.94. The third kappa shape index (κ3) is 5.30. The molecule has 0 amide bonds. The third-order valence-electron chi connectivity index (χ3n) is 3.78. The number of carboxylic acids is 1. The Balaban J connectivity index is 0. The summed E-state index contributed by atoms with van der Waals surface area (Å²) in [5.41, 5.74) is 5.58. The van der Waals surface area contributed by atoms with Crippen molar-refractivity contribution in [3.8, 4) is 0 Å². The maximum Gasteiger partial charge on any atom is 0.460 e. The lowest BCUT2D eigenvalue weighted by Gasteiger charge is -2.40. The molecule has 18 heteroatoms. The zero-order valence-electron chi connectivity index (χ0n) is 15.8. The predicted octanol–water partition coefficient (Wildman–Crippen LogP) is 5.97. The molecule has 0 fully saturated rings. The summed E-state index contributed by atoms with van der Waals surface area (Å²) in [6.07, 6.45) is -4.18. The zero-order chi connectivity index (χ0) is 26.8. The summed E-state index contributed by atoms with van der Waals surface area (Å²) >= 11 is 0. The average molecular weight is 515 g/mol. The van der Waals surface area contributed by atoms with Crippen LogP contribution in [-0.4, -0.2) is 58.8 Å². The number of aliphatic carboxylic acids is 1. The minimum atomic E-state index is -8.47. The minimum absolute atomic E-state index is 0.449. The van der Waals surface area contributed by atoms with Crippen LogP contribution in [0.15, 0.2) is 0 Å². The Morgan fingerprint density at radius 3 is 1.22 bits per heavy atom. The van der Waals surface area contributed by atoms with Gasteiger partial charge in [0.25, 0.3) is 0 Å². The van der Waals surface area contributed by atoms with Gasteiger partial charge in [-0.25, -0.2) is 4.79 Å². The van der Waals surface area contributed by atoms with Gasteiger partial charge >= 0.3 is 47.7 Å². The van der Waals surface area contributed by atoms with Crippen molar-refractivity contribution in [1.29, 1.82) is 0 Å². The van der Waals surface area contributed by atoms with E-state index in [2.05, 4.69) is 13.8 Å². The fourth-order valence-electron chi connectivity index (χ4n) is 1.68. The van der Waals surface area contributed by atoms with E-state index in [1.807, 2.05) is 0 Å². The van der Waals surface area contributed by atoms with Crippen molar-refractivity contribution < 1.29 is 75.8 Å². The predicted molar refractivity (Wildman–Crippen MR) is 76.5 cm³/mol. The Labute approximate surface area is 169 Å². The van der Waals surface area contributed by atoms with Crippen molar-refractivity contribution >= 4 is 5.97 Å². The summed E-state index contributed by atoms with van der Waals surface area (Å²) in [5.74, 6) is -52.8. The number of hydrogen-bond donors (Lipinski definition) is 2. The Morgan fingerprint density at radius 1 is 0.688 bits per heavy atom. The van der Waals surface area contributed by atoms with Crippen LogP contribution < -0.4 is 5.73 Å². The van der Waals surface area contributed by atoms with Gasteiger partial charge in [0.05, 0.1) is 0 Å². The monoisotopic (exact) mass is 515 g/mol. The molecule has 32 heavy (non-hydrogen) atoms. The summed E-state index contributed by atoms with van der Waals surface area (Å²) in [6.45, 7) is 4.29. The molecule has 0 aromatic carbocycles. The number of rotatable bonds is 9. The van der Waals surface area contributed by atoms with Crippen LogP contribution in [0.1, 0.15) is 33.1 Å². The van der Waals surface area contributed by atoms with Crippen LogP contribution >= 0.6 is 0 Å². The number of carbonyl (C=O) groups is 1. The summed E-state index contributed by atoms with van der Waals surface area (Å²) in [6, 6.07) is 0.449. The highest BCUT2D eigenvalue weighted by atomic mass is 19.4. The smallest absolute Gasteiger partial charge is 0.460 e. The van der Waals surface area contributed by atoms with Crippen LogP contribution in [-0.2, 0) is 4.79 Å². The number of carboxylic acid groups (broad SMARTS) is 1. The molecular formula is C14H16F15NO2. The van der Waals surface area contributed by atoms with E-state index in [-0.39, 0.29) is 0 Å². The van der Waals surface area contributed by atoms with Crippen LogP contribution in [0.4, 0.5) is 65.9 Å². The van der Waals surface area contributed by atoms with E-state index in [9.17, 15) is 70.7 Å². The molecule has 3 N–H and O–H groups in total. The molecule has 3 nitrogen and oxygen atoms in total. The van der Waals surface area contributed by atoms with E-state index in [1.165, 1.54) is 12.8 Å². The van der Waals surface area contributed by atoms with Crippen molar-refractivity contribution in [2.45, 2.75) is 80.9 Å². The molecule has 0 rings (SSSR count). The molecule has 0 saturated carbocycles. The molecule has 0 aliphatic carbocycles. The van der Waals surface area contributed by atoms with Crippen molar-refractivity contribution in [2.75, 3.05) is 0 Å². The number of hydrogen-bond acceptors (Lipinski definition) is 2. The molecule has 0 heterocycles. The van der Waals surface area contributed by atoms with Gasteiger partial charge in [0.2, 0.25) is 0 Å². The summed E-state index contributed by atoms with van der Waals surface area (Å²) in [5, 5.41) is 7.57. The van der Waals surface area contributed by atoms with Crippen LogP contribution in [0.5, 0.6) is 0 Å². The lowest BCUT2D eigenvalue weighted by molar-refractivity contribution is -0.450. The van der Waals surface area contributed by atoms with Crippen LogP contribution in [0.3, 0.4) is 0 Å². The SMILES string of the molecule is CCCC(N)CC.O=C(O)C(F)(F)C(F)(F)C(F)(F)C(F)(F)C(F)(F)C(F)(F)C(F)(F)F. The summed E-state index contributed by atoms with van der Waals surface area (Å²) in [4.78, 5) is 9.72. The molecule has 0 radical (unpaired) electrons. The summed E-state index contributed by atoms with van der Waals surface area (Å²) < 4.78 is 187. The molecule has 0 bridgehead atoms. The molecule has 1 unspecified atom stereocenters. The second-order valence-electron chi connectivity index (χ2n) is 6.21. The highest BCUT2D eigenvalue weighted by molar-refractivity contribution is 5.77. The number of halogens is 15. The van der Waals surface area contributed by atoms with Gasteiger partial charge in [0.1, 0.15) is 0 Å². The molecule has 194 valence electrons. The molecule has 0 aliphatic rings. The maximum absolute atomic E-state index is 12.8. The van der Waals surface area contributed by atoms with Crippen molar-refractivity contribution in [3.63, 3.8) is 0 Å². The van der Waals surface area contributed by atoms with Gasteiger partial charge in [-0.2, -0.15) is 65.9 Å². The highest BCUT2D eigenvalue weighted by Crippen LogP contribution is 2.62.